The third-order valence-corrected chi connectivity index (χ3v) is 2.03. The summed E-state index contributed by atoms with van der Waals surface area (Å²) >= 11 is 0. The van der Waals surface area contributed by atoms with Gasteiger partial charge in [-0.3, -0.25) is 4.79 Å². The third kappa shape index (κ3) is 5.64. The van der Waals surface area contributed by atoms with Crippen molar-refractivity contribution in [3.05, 3.63) is 0 Å². The summed E-state index contributed by atoms with van der Waals surface area (Å²) in [5, 5.41) is 3.20. The van der Waals surface area contributed by atoms with Crippen molar-refractivity contribution >= 4 is 5.97 Å². The number of carbonyl (C=O) groups excluding carboxylic acids is 1. The van der Waals surface area contributed by atoms with Crippen LogP contribution < -0.4 is 5.32 Å². The highest BCUT2D eigenvalue weighted by atomic mass is 16.5. The zero-order chi connectivity index (χ0) is 10.1. The summed E-state index contributed by atoms with van der Waals surface area (Å²) in [4.78, 5) is 11.3. The first-order valence-corrected chi connectivity index (χ1v) is 5.13. The van der Waals surface area contributed by atoms with Gasteiger partial charge < -0.3 is 10.1 Å². The van der Waals surface area contributed by atoms with Gasteiger partial charge in [-0.1, -0.05) is 13.8 Å². The van der Waals surface area contributed by atoms with Crippen molar-refractivity contribution in [3.63, 3.8) is 0 Å². The molecule has 0 fully saturated rings. The molecule has 0 aromatic carbocycles. The van der Waals surface area contributed by atoms with Crippen molar-refractivity contribution < 1.29 is 9.53 Å². The fourth-order valence-electron chi connectivity index (χ4n) is 1.20. The minimum atomic E-state index is -0.0529. The molecule has 1 atom stereocenters. The first kappa shape index (κ1) is 12.4. The molecular weight excluding hydrogens is 166 g/mol. The Kier molecular flexibility index (Phi) is 7.69. The van der Waals surface area contributed by atoms with Gasteiger partial charge in [0.25, 0.3) is 0 Å². The lowest BCUT2D eigenvalue weighted by Gasteiger charge is -2.13. The second-order valence-electron chi connectivity index (χ2n) is 3.00. The Morgan fingerprint density at radius 2 is 2.08 bits per heavy atom. The summed E-state index contributed by atoms with van der Waals surface area (Å²) in [5.41, 5.74) is 0. The van der Waals surface area contributed by atoms with Crippen LogP contribution in [0.3, 0.4) is 0 Å². The molecule has 0 aromatic rings. The van der Waals surface area contributed by atoms with Crippen LogP contribution in [0.4, 0.5) is 0 Å². The third-order valence-electron chi connectivity index (χ3n) is 2.03. The molecule has 0 aliphatic carbocycles. The molecule has 0 heterocycles. The summed E-state index contributed by atoms with van der Waals surface area (Å²) in [7, 11) is 0. The van der Waals surface area contributed by atoms with E-state index >= 15 is 0 Å². The number of hydrogen-bond donors (Lipinski definition) is 1. The van der Waals surface area contributed by atoms with E-state index in [-0.39, 0.29) is 11.9 Å². The Hall–Kier alpha value is -0.570. The minimum absolute atomic E-state index is 0.0529. The van der Waals surface area contributed by atoms with Gasteiger partial charge in [-0.2, -0.15) is 0 Å². The molecule has 0 radical (unpaired) electrons. The second kappa shape index (κ2) is 8.05. The van der Waals surface area contributed by atoms with Gasteiger partial charge in [0.15, 0.2) is 0 Å². The van der Waals surface area contributed by atoms with E-state index in [0.29, 0.717) is 6.61 Å². The fourth-order valence-corrected chi connectivity index (χ4v) is 1.20. The SMILES string of the molecule is CCNCCC(CC)C(=O)OCC. The average Bonchev–Trinajstić information content (AvgIpc) is 2.13. The molecule has 0 aliphatic rings. The van der Waals surface area contributed by atoms with Crippen LogP contribution in [0.15, 0.2) is 0 Å². The molecule has 0 rings (SSSR count). The first-order valence-electron chi connectivity index (χ1n) is 5.13. The van der Waals surface area contributed by atoms with Crippen molar-refractivity contribution in [2.45, 2.75) is 33.6 Å². The van der Waals surface area contributed by atoms with Gasteiger partial charge >= 0.3 is 5.97 Å². The number of carbonyl (C=O) groups is 1. The molecule has 1 unspecified atom stereocenters. The maximum absolute atomic E-state index is 11.3. The highest BCUT2D eigenvalue weighted by molar-refractivity contribution is 5.72. The number of rotatable bonds is 7. The monoisotopic (exact) mass is 187 g/mol. The van der Waals surface area contributed by atoms with E-state index in [0.717, 1.165) is 25.9 Å². The largest absolute Gasteiger partial charge is 0.466 e. The molecular formula is C10H21NO2. The van der Waals surface area contributed by atoms with Gasteiger partial charge in [-0.05, 0) is 32.9 Å². The fraction of sp³-hybridized carbons (Fsp3) is 0.900. The van der Waals surface area contributed by atoms with E-state index in [1.54, 1.807) is 0 Å². The number of nitrogens with one attached hydrogen (secondary N) is 1. The molecule has 0 amide bonds. The molecule has 3 heteroatoms. The lowest BCUT2D eigenvalue weighted by molar-refractivity contribution is -0.148. The molecule has 0 saturated carbocycles. The van der Waals surface area contributed by atoms with Crippen LogP contribution in [-0.2, 0) is 9.53 Å². The van der Waals surface area contributed by atoms with Crippen LogP contribution in [0.2, 0.25) is 0 Å². The van der Waals surface area contributed by atoms with Crippen LogP contribution in [0.25, 0.3) is 0 Å². The van der Waals surface area contributed by atoms with Crippen molar-refractivity contribution in [3.8, 4) is 0 Å². The maximum Gasteiger partial charge on any atom is 0.308 e. The van der Waals surface area contributed by atoms with Gasteiger partial charge in [0.2, 0.25) is 0 Å². The van der Waals surface area contributed by atoms with E-state index in [2.05, 4.69) is 12.2 Å². The normalized spacial score (nSPS) is 12.5. The molecule has 0 aliphatic heterocycles. The lowest BCUT2D eigenvalue weighted by atomic mass is 10.0. The molecule has 0 aromatic heterocycles. The van der Waals surface area contributed by atoms with Gasteiger partial charge in [0, 0.05) is 0 Å². The Bertz CT molecular complexity index is 137. The Balaban J connectivity index is 3.67. The van der Waals surface area contributed by atoms with Crippen molar-refractivity contribution in [2.24, 2.45) is 5.92 Å². The van der Waals surface area contributed by atoms with Crippen molar-refractivity contribution in [2.75, 3.05) is 19.7 Å². The number of hydrogen-bond acceptors (Lipinski definition) is 3. The Labute approximate surface area is 80.8 Å². The predicted molar refractivity (Wildman–Crippen MR) is 53.6 cm³/mol. The quantitative estimate of drug-likeness (QED) is 0.485. The van der Waals surface area contributed by atoms with E-state index in [1.807, 2.05) is 13.8 Å². The van der Waals surface area contributed by atoms with E-state index < -0.39 is 0 Å². The Morgan fingerprint density at radius 1 is 1.38 bits per heavy atom. The maximum atomic E-state index is 11.3. The summed E-state index contributed by atoms with van der Waals surface area (Å²) in [5.74, 6) is 0.0157. The molecule has 3 nitrogen and oxygen atoms in total. The second-order valence-corrected chi connectivity index (χ2v) is 3.00. The van der Waals surface area contributed by atoms with Crippen LogP contribution in [0, 0.1) is 5.92 Å². The highest BCUT2D eigenvalue weighted by Gasteiger charge is 2.16. The molecule has 0 saturated heterocycles. The van der Waals surface area contributed by atoms with Gasteiger partial charge in [0.1, 0.15) is 0 Å². The Morgan fingerprint density at radius 3 is 2.54 bits per heavy atom. The number of ether oxygens (including phenoxy) is 1. The smallest absolute Gasteiger partial charge is 0.308 e. The number of esters is 1. The van der Waals surface area contributed by atoms with Gasteiger partial charge in [-0.15, -0.1) is 0 Å². The van der Waals surface area contributed by atoms with E-state index in [4.69, 9.17) is 4.74 Å². The zero-order valence-corrected chi connectivity index (χ0v) is 8.93. The van der Waals surface area contributed by atoms with Crippen LogP contribution >= 0.6 is 0 Å². The topological polar surface area (TPSA) is 38.3 Å². The highest BCUT2D eigenvalue weighted by Crippen LogP contribution is 2.09. The lowest BCUT2D eigenvalue weighted by Crippen LogP contribution is -2.23. The average molecular weight is 187 g/mol. The summed E-state index contributed by atoms with van der Waals surface area (Å²) in [6.07, 6.45) is 1.74. The minimum Gasteiger partial charge on any atom is -0.466 e. The first-order chi connectivity index (χ1) is 6.26. The van der Waals surface area contributed by atoms with Crippen LogP contribution in [0.1, 0.15) is 33.6 Å². The van der Waals surface area contributed by atoms with E-state index in [9.17, 15) is 4.79 Å². The van der Waals surface area contributed by atoms with Crippen molar-refractivity contribution in [1.29, 1.82) is 0 Å². The van der Waals surface area contributed by atoms with Crippen LogP contribution in [-0.4, -0.2) is 25.7 Å². The van der Waals surface area contributed by atoms with Crippen molar-refractivity contribution in [1.82, 2.24) is 5.32 Å². The van der Waals surface area contributed by atoms with Gasteiger partial charge in [-0.25, -0.2) is 0 Å². The zero-order valence-electron chi connectivity index (χ0n) is 8.93. The standard InChI is InChI=1S/C10H21NO2/c1-4-9(7-8-11-5-2)10(12)13-6-3/h9,11H,4-8H2,1-3H3. The molecule has 13 heavy (non-hydrogen) atoms. The molecule has 1 N–H and O–H groups in total. The molecule has 0 spiro atoms. The molecule has 0 bridgehead atoms. The van der Waals surface area contributed by atoms with Crippen LogP contribution in [0.5, 0.6) is 0 Å². The van der Waals surface area contributed by atoms with E-state index in [1.165, 1.54) is 0 Å². The van der Waals surface area contributed by atoms with Gasteiger partial charge in [0.05, 0.1) is 12.5 Å². The summed E-state index contributed by atoms with van der Waals surface area (Å²) in [6, 6.07) is 0. The molecule has 78 valence electrons. The summed E-state index contributed by atoms with van der Waals surface area (Å²) < 4.78 is 4.96. The summed E-state index contributed by atoms with van der Waals surface area (Å²) in [6.45, 7) is 8.26. The predicted octanol–water partition coefficient (Wildman–Crippen LogP) is 1.58.